The van der Waals surface area contributed by atoms with Crippen molar-refractivity contribution in [1.29, 1.82) is 0 Å². The number of ether oxygens (including phenoxy) is 1. The highest BCUT2D eigenvalue weighted by Crippen LogP contribution is 2.30. The summed E-state index contributed by atoms with van der Waals surface area (Å²) in [5.74, 6) is 0.813. The maximum atomic E-state index is 12.5. The maximum Gasteiger partial charge on any atom is 0.224 e. The van der Waals surface area contributed by atoms with Crippen LogP contribution >= 0.6 is 11.6 Å². The van der Waals surface area contributed by atoms with Crippen molar-refractivity contribution in [2.45, 2.75) is 26.7 Å². The van der Waals surface area contributed by atoms with E-state index in [1.807, 2.05) is 49.4 Å². The first-order valence-electron chi connectivity index (χ1n) is 10.3. The fourth-order valence-electron chi connectivity index (χ4n) is 3.46. The van der Waals surface area contributed by atoms with Crippen LogP contribution in [-0.4, -0.2) is 50.1 Å². The number of rotatable bonds is 8. The van der Waals surface area contributed by atoms with E-state index in [0.717, 1.165) is 49.8 Å². The molecule has 0 radical (unpaired) electrons. The summed E-state index contributed by atoms with van der Waals surface area (Å²) in [5, 5.41) is 3.67. The molecule has 0 spiro atoms. The van der Waals surface area contributed by atoms with Crippen molar-refractivity contribution in [3.63, 3.8) is 0 Å². The van der Waals surface area contributed by atoms with Gasteiger partial charge in [-0.1, -0.05) is 36.2 Å². The molecule has 6 heteroatoms. The summed E-state index contributed by atoms with van der Waals surface area (Å²) < 4.78 is 5.71. The third-order valence-electron chi connectivity index (χ3n) is 5.23. The summed E-state index contributed by atoms with van der Waals surface area (Å²) in [7, 11) is 0. The Kier molecular flexibility index (Phi) is 7.78. The van der Waals surface area contributed by atoms with Gasteiger partial charge in [0, 0.05) is 37.6 Å². The van der Waals surface area contributed by atoms with Gasteiger partial charge in [0.05, 0.1) is 18.0 Å². The molecule has 0 saturated carbocycles. The molecule has 1 aliphatic heterocycles. The quantitative estimate of drug-likeness (QED) is 0.640. The molecule has 0 atom stereocenters. The average Bonchev–Trinajstić information content (AvgIpc) is 2.73. The van der Waals surface area contributed by atoms with Crippen LogP contribution in [0.3, 0.4) is 0 Å². The summed E-state index contributed by atoms with van der Waals surface area (Å²) in [6, 6.07) is 13.7. The first-order valence-corrected chi connectivity index (χ1v) is 10.7. The molecule has 2 aromatic carbocycles. The summed E-state index contributed by atoms with van der Waals surface area (Å²) in [4.78, 5) is 17.2. The Hall–Kier alpha value is -2.24. The number of carbonyl (C=O) groups is 1. The lowest BCUT2D eigenvalue weighted by Crippen LogP contribution is -2.46. The Morgan fingerprint density at radius 2 is 1.83 bits per heavy atom. The molecule has 29 heavy (non-hydrogen) atoms. The van der Waals surface area contributed by atoms with Gasteiger partial charge in [-0.3, -0.25) is 4.79 Å². The van der Waals surface area contributed by atoms with Gasteiger partial charge in [-0.05, 0) is 50.2 Å². The molecule has 0 aromatic heterocycles. The minimum atomic E-state index is -0.0202. The van der Waals surface area contributed by atoms with E-state index in [1.165, 1.54) is 5.56 Å². The van der Waals surface area contributed by atoms with Gasteiger partial charge in [0.25, 0.3) is 0 Å². The molecule has 3 rings (SSSR count). The van der Waals surface area contributed by atoms with Crippen molar-refractivity contribution in [1.82, 2.24) is 4.90 Å². The standard InChI is InChI=1S/C23H30ClN3O2/c1-3-26-12-14-27(15-13-26)22-11-8-19(24)17-21(22)25-23(28)5-4-16-29-20-9-6-18(2)7-10-20/h6-11,17H,3-5,12-16H2,1-2H3,(H,25,28). The lowest BCUT2D eigenvalue weighted by atomic mass is 10.2. The number of piperazine rings is 1. The van der Waals surface area contributed by atoms with E-state index in [9.17, 15) is 4.79 Å². The minimum absolute atomic E-state index is 0.0202. The minimum Gasteiger partial charge on any atom is -0.494 e. The van der Waals surface area contributed by atoms with E-state index in [4.69, 9.17) is 16.3 Å². The van der Waals surface area contributed by atoms with E-state index in [0.29, 0.717) is 24.5 Å². The van der Waals surface area contributed by atoms with Gasteiger partial charge in [0.2, 0.25) is 5.91 Å². The van der Waals surface area contributed by atoms with Crippen LogP contribution in [0.15, 0.2) is 42.5 Å². The number of anilines is 2. The average molecular weight is 416 g/mol. The van der Waals surface area contributed by atoms with Gasteiger partial charge in [0.1, 0.15) is 5.75 Å². The van der Waals surface area contributed by atoms with Crippen LogP contribution in [-0.2, 0) is 4.79 Å². The van der Waals surface area contributed by atoms with Gasteiger partial charge in [-0.2, -0.15) is 0 Å². The molecule has 2 aromatic rings. The molecular weight excluding hydrogens is 386 g/mol. The number of hydrogen-bond donors (Lipinski definition) is 1. The van der Waals surface area contributed by atoms with E-state index in [2.05, 4.69) is 22.0 Å². The molecule has 1 N–H and O–H groups in total. The van der Waals surface area contributed by atoms with Gasteiger partial charge in [-0.25, -0.2) is 0 Å². The van der Waals surface area contributed by atoms with Crippen LogP contribution in [0.4, 0.5) is 11.4 Å². The Morgan fingerprint density at radius 1 is 1.10 bits per heavy atom. The molecular formula is C23H30ClN3O2. The summed E-state index contributed by atoms with van der Waals surface area (Å²) >= 11 is 6.19. The third kappa shape index (κ3) is 6.38. The predicted molar refractivity (Wildman–Crippen MR) is 120 cm³/mol. The number of nitrogens with one attached hydrogen (secondary N) is 1. The second-order valence-corrected chi connectivity index (χ2v) is 7.83. The molecule has 0 unspecified atom stereocenters. The highest BCUT2D eigenvalue weighted by molar-refractivity contribution is 6.31. The number of carbonyl (C=O) groups excluding carboxylic acids is 1. The van der Waals surface area contributed by atoms with Crippen LogP contribution < -0.4 is 15.0 Å². The molecule has 1 aliphatic rings. The normalized spacial score (nSPS) is 14.7. The van der Waals surface area contributed by atoms with Crippen LogP contribution in [0.25, 0.3) is 0 Å². The lowest BCUT2D eigenvalue weighted by molar-refractivity contribution is -0.116. The van der Waals surface area contributed by atoms with E-state index in [-0.39, 0.29) is 5.91 Å². The van der Waals surface area contributed by atoms with E-state index < -0.39 is 0 Å². The SMILES string of the molecule is CCN1CCN(c2ccc(Cl)cc2NC(=O)CCCOc2ccc(C)cc2)CC1. The number of nitrogens with zero attached hydrogens (tertiary/aromatic N) is 2. The lowest BCUT2D eigenvalue weighted by Gasteiger charge is -2.36. The van der Waals surface area contributed by atoms with Gasteiger partial charge in [0.15, 0.2) is 0 Å². The molecule has 5 nitrogen and oxygen atoms in total. The highest BCUT2D eigenvalue weighted by atomic mass is 35.5. The van der Waals surface area contributed by atoms with Crippen molar-refractivity contribution in [3.8, 4) is 5.75 Å². The smallest absolute Gasteiger partial charge is 0.224 e. The van der Waals surface area contributed by atoms with Crippen molar-refractivity contribution in [2.24, 2.45) is 0 Å². The maximum absolute atomic E-state index is 12.5. The molecule has 1 heterocycles. The number of likely N-dealkylation sites (N-methyl/N-ethyl adjacent to an activating group) is 1. The fraction of sp³-hybridized carbons (Fsp3) is 0.435. The largest absolute Gasteiger partial charge is 0.494 e. The molecule has 1 amide bonds. The molecule has 0 aliphatic carbocycles. The van der Waals surface area contributed by atoms with Gasteiger partial charge in [-0.15, -0.1) is 0 Å². The number of amides is 1. The van der Waals surface area contributed by atoms with Crippen LogP contribution in [0, 0.1) is 6.92 Å². The van der Waals surface area contributed by atoms with Crippen LogP contribution in [0.2, 0.25) is 5.02 Å². The summed E-state index contributed by atoms with van der Waals surface area (Å²) in [6.07, 6.45) is 1.06. The van der Waals surface area contributed by atoms with Gasteiger partial charge < -0.3 is 19.9 Å². The van der Waals surface area contributed by atoms with E-state index in [1.54, 1.807) is 0 Å². The zero-order chi connectivity index (χ0) is 20.6. The number of benzene rings is 2. The van der Waals surface area contributed by atoms with Crippen molar-refractivity contribution in [3.05, 3.63) is 53.1 Å². The third-order valence-corrected chi connectivity index (χ3v) is 5.47. The van der Waals surface area contributed by atoms with Crippen LogP contribution in [0.5, 0.6) is 5.75 Å². The number of aryl methyl sites for hydroxylation is 1. The van der Waals surface area contributed by atoms with Crippen molar-refractivity contribution in [2.75, 3.05) is 49.5 Å². The number of halogens is 1. The molecule has 0 bridgehead atoms. The monoisotopic (exact) mass is 415 g/mol. The summed E-state index contributed by atoms with van der Waals surface area (Å²) in [6.45, 7) is 9.77. The Morgan fingerprint density at radius 3 is 2.52 bits per heavy atom. The van der Waals surface area contributed by atoms with Crippen molar-refractivity contribution < 1.29 is 9.53 Å². The zero-order valence-corrected chi connectivity index (χ0v) is 18.0. The topological polar surface area (TPSA) is 44.8 Å². The Labute approximate surface area is 178 Å². The highest BCUT2D eigenvalue weighted by Gasteiger charge is 2.19. The fourth-order valence-corrected chi connectivity index (χ4v) is 3.63. The zero-order valence-electron chi connectivity index (χ0n) is 17.3. The molecule has 156 valence electrons. The van der Waals surface area contributed by atoms with E-state index >= 15 is 0 Å². The predicted octanol–water partition coefficient (Wildman–Crippen LogP) is 4.59. The van der Waals surface area contributed by atoms with Crippen LogP contribution in [0.1, 0.15) is 25.3 Å². The second-order valence-electron chi connectivity index (χ2n) is 7.40. The molecule has 1 saturated heterocycles. The number of hydrogen-bond acceptors (Lipinski definition) is 4. The summed E-state index contributed by atoms with van der Waals surface area (Å²) in [5.41, 5.74) is 3.02. The van der Waals surface area contributed by atoms with Crippen molar-refractivity contribution >= 4 is 28.9 Å². The van der Waals surface area contributed by atoms with Gasteiger partial charge >= 0.3 is 0 Å². The first-order chi connectivity index (χ1) is 14.0. The Balaban J connectivity index is 1.51. The first kappa shape index (κ1) is 21.5. The Bertz CT molecular complexity index is 802. The molecule has 1 fully saturated rings. The second kappa shape index (κ2) is 10.5.